The molecular formula is C12H16N2O2S. The Labute approximate surface area is 104 Å². The maximum Gasteiger partial charge on any atom is 0.306 e. The van der Waals surface area contributed by atoms with Gasteiger partial charge in [-0.15, -0.1) is 11.8 Å². The van der Waals surface area contributed by atoms with E-state index in [1.807, 2.05) is 18.1 Å². The van der Waals surface area contributed by atoms with Crippen LogP contribution in [0.25, 0.3) is 0 Å². The predicted octanol–water partition coefficient (Wildman–Crippen LogP) is 2.45. The summed E-state index contributed by atoms with van der Waals surface area (Å²) in [7, 11) is 0. The lowest BCUT2D eigenvalue weighted by atomic mass is 9.86. The van der Waals surface area contributed by atoms with E-state index in [1.54, 1.807) is 0 Å². The maximum absolute atomic E-state index is 10.9. The maximum atomic E-state index is 10.9. The number of carboxylic acids is 1. The first-order chi connectivity index (χ1) is 8.25. The van der Waals surface area contributed by atoms with Crippen molar-refractivity contribution in [1.82, 2.24) is 9.55 Å². The number of aromatic nitrogens is 2. The average molecular weight is 252 g/mol. The Morgan fingerprint density at radius 1 is 1.35 bits per heavy atom. The molecule has 0 spiro atoms. The Hall–Kier alpha value is -0.970. The van der Waals surface area contributed by atoms with Crippen molar-refractivity contribution in [3.8, 4) is 0 Å². The normalized spacial score (nSPS) is 28.0. The van der Waals surface area contributed by atoms with Gasteiger partial charge in [-0.2, -0.15) is 0 Å². The number of thioether (sulfide) groups is 1. The molecule has 1 aliphatic heterocycles. The molecule has 1 saturated carbocycles. The zero-order chi connectivity index (χ0) is 11.8. The minimum absolute atomic E-state index is 0.128. The predicted molar refractivity (Wildman–Crippen MR) is 65.9 cm³/mol. The first-order valence-electron chi connectivity index (χ1n) is 6.11. The number of carboxylic acid groups (broad SMARTS) is 1. The van der Waals surface area contributed by atoms with E-state index in [0.29, 0.717) is 6.04 Å². The highest BCUT2D eigenvalue weighted by molar-refractivity contribution is 7.98. The molecule has 1 fully saturated rings. The van der Waals surface area contributed by atoms with E-state index in [1.165, 1.54) is 11.4 Å². The Kier molecular flexibility index (Phi) is 2.86. The molecule has 1 N–H and O–H groups in total. The third-order valence-electron chi connectivity index (χ3n) is 3.90. The summed E-state index contributed by atoms with van der Waals surface area (Å²) < 4.78 is 2.30. The fourth-order valence-corrected chi connectivity index (χ4v) is 3.91. The molecule has 0 amide bonds. The summed E-state index contributed by atoms with van der Waals surface area (Å²) in [6.07, 6.45) is 5.52. The van der Waals surface area contributed by atoms with Gasteiger partial charge in [-0.05, 0) is 25.7 Å². The van der Waals surface area contributed by atoms with Crippen LogP contribution in [-0.2, 0) is 16.3 Å². The molecule has 0 saturated heterocycles. The minimum Gasteiger partial charge on any atom is -0.481 e. The standard InChI is InChI=1S/C12H16N2O2S/c15-12(16)8-1-3-9(4-2-8)14-7-13-10-5-17-6-11(10)14/h7-9H,1-6H2,(H,15,16). The molecule has 1 aliphatic carbocycles. The minimum atomic E-state index is -0.630. The van der Waals surface area contributed by atoms with E-state index < -0.39 is 5.97 Å². The van der Waals surface area contributed by atoms with Crippen molar-refractivity contribution < 1.29 is 9.90 Å². The van der Waals surface area contributed by atoms with Crippen LogP contribution in [0, 0.1) is 5.92 Å². The number of carbonyl (C=O) groups is 1. The first-order valence-corrected chi connectivity index (χ1v) is 7.26. The van der Waals surface area contributed by atoms with Crippen LogP contribution < -0.4 is 0 Å². The van der Waals surface area contributed by atoms with E-state index in [9.17, 15) is 4.79 Å². The lowest BCUT2D eigenvalue weighted by Crippen LogP contribution is -2.23. The van der Waals surface area contributed by atoms with Crippen molar-refractivity contribution in [2.45, 2.75) is 43.2 Å². The SMILES string of the molecule is O=C(O)C1CCC(n2cnc3c2CSC3)CC1. The summed E-state index contributed by atoms with van der Waals surface area (Å²) in [5.41, 5.74) is 2.60. The molecule has 2 heterocycles. The molecule has 0 atom stereocenters. The van der Waals surface area contributed by atoms with Crippen LogP contribution in [0.1, 0.15) is 43.1 Å². The van der Waals surface area contributed by atoms with Crippen LogP contribution in [0.4, 0.5) is 0 Å². The van der Waals surface area contributed by atoms with Gasteiger partial charge in [0.2, 0.25) is 0 Å². The Morgan fingerprint density at radius 2 is 2.12 bits per heavy atom. The van der Waals surface area contributed by atoms with E-state index in [-0.39, 0.29) is 5.92 Å². The van der Waals surface area contributed by atoms with E-state index in [4.69, 9.17) is 5.11 Å². The van der Waals surface area contributed by atoms with Crippen molar-refractivity contribution >= 4 is 17.7 Å². The number of hydrogen-bond acceptors (Lipinski definition) is 3. The van der Waals surface area contributed by atoms with Crippen LogP contribution in [-0.4, -0.2) is 20.6 Å². The molecular weight excluding hydrogens is 236 g/mol. The number of aliphatic carboxylic acids is 1. The van der Waals surface area contributed by atoms with Gasteiger partial charge in [0.1, 0.15) is 0 Å². The monoisotopic (exact) mass is 252 g/mol. The van der Waals surface area contributed by atoms with Gasteiger partial charge < -0.3 is 9.67 Å². The van der Waals surface area contributed by atoms with Crippen molar-refractivity contribution in [2.24, 2.45) is 5.92 Å². The molecule has 0 unspecified atom stereocenters. The van der Waals surface area contributed by atoms with Gasteiger partial charge in [0.25, 0.3) is 0 Å². The second-order valence-electron chi connectivity index (χ2n) is 4.88. The van der Waals surface area contributed by atoms with Gasteiger partial charge in [0, 0.05) is 17.5 Å². The summed E-state index contributed by atoms with van der Waals surface area (Å²) in [6.45, 7) is 0. The third-order valence-corrected chi connectivity index (χ3v) is 4.85. The number of nitrogens with zero attached hydrogens (tertiary/aromatic N) is 2. The fraction of sp³-hybridized carbons (Fsp3) is 0.667. The highest BCUT2D eigenvalue weighted by Crippen LogP contribution is 2.37. The van der Waals surface area contributed by atoms with Gasteiger partial charge in [-0.25, -0.2) is 4.98 Å². The summed E-state index contributed by atoms with van der Waals surface area (Å²) in [6, 6.07) is 0.473. The molecule has 4 nitrogen and oxygen atoms in total. The van der Waals surface area contributed by atoms with Gasteiger partial charge >= 0.3 is 5.97 Å². The molecule has 1 aromatic rings. The summed E-state index contributed by atoms with van der Waals surface area (Å²) in [5.74, 6) is 1.34. The molecule has 92 valence electrons. The average Bonchev–Trinajstić information content (AvgIpc) is 2.90. The Morgan fingerprint density at radius 3 is 2.82 bits per heavy atom. The van der Waals surface area contributed by atoms with E-state index in [2.05, 4.69) is 9.55 Å². The Bertz CT molecular complexity index is 436. The molecule has 0 radical (unpaired) electrons. The summed E-state index contributed by atoms with van der Waals surface area (Å²) in [4.78, 5) is 15.4. The van der Waals surface area contributed by atoms with Crippen LogP contribution in [0.3, 0.4) is 0 Å². The second-order valence-corrected chi connectivity index (χ2v) is 5.87. The molecule has 2 aliphatic rings. The summed E-state index contributed by atoms with van der Waals surface area (Å²) in [5, 5.41) is 8.99. The first kappa shape index (κ1) is 11.1. The largest absolute Gasteiger partial charge is 0.481 e. The molecule has 3 rings (SSSR count). The number of hydrogen-bond donors (Lipinski definition) is 1. The second kappa shape index (κ2) is 4.37. The van der Waals surface area contributed by atoms with Crippen LogP contribution in [0.2, 0.25) is 0 Å². The van der Waals surface area contributed by atoms with Crippen LogP contribution in [0.15, 0.2) is 6.33 Å². The van der Waals surface area contributed by atoms with Crippen LogP contribution in [0.5, 0.6) is 0 Å². The lowest BCUT2D eigenvalue weighted by Gasteiger charge is -2.28. The van der Waals surface area contributed by atoms with Crippen molar-refractivity contribution in [3.63, 3.8) is 0 Å². The molecule has 1 aromatic heterocycles. The van der Waals surface area contributed by atoms with Crippen molar-refractivity contribution in [2.75, 3.05) is 0 Å². The smallest absolute Gasteiger partial charge is 0.306 e. The number of fused-ring (bicyclic) bond motifs is 1. The zero-order valence-electron chi connectivity index (χ0n) is 9.63. The molecule has 0 aromatic carbocycles. The highest BCUT2D eigenvalue weighted by atomic mass is 32.2. The number of rotatable bonds is 2. The van der Waals surface area contributed by atoms with Crippen molar-refractivity contribution in [3.05, 3.63) is 17.7 Å². The third kappa shape index (κ3) is 1.97. The molecule has 5 heteroatoms. The fourth-order valence-electron chi connectivity index (χ4n) is 2.86. The van der Waals surface area contributed by atoms with Gasteiger partial charge in [0.05, 0.1) is 23.6 Å². The van der Waals surface area contributed by atoms with Crippen LogP contribution >= 0.6 is 11.8 Å². The zero-order valence-corrected chi connectivity index (χ0v) is 10.4. The highest BCUT2D eigenvalue weighted by Gasteiger charge is 2.29. The Balaban J connectivity index is 1.72. The molecule has 0 bridgehead atoms. The lowest BCUT2D eigenvalue weighted by molar-refractivity contribution is -0.143. The quantitative estimate of drug-likeness (QED) is 0.878. The summed E-state index contributed by atoms with van der Waals surface area (Å²) >= 11 is 1.92. The van der Waals surface area contributed by atoms with E-state index in [0.717, 1.165) is 37.2 Å². The topological polar surface area (TPSA) is 55.1 Å². The van der Waals surface area contributed by atoms with Gasteiger partial charge in [0.15, 0.2) is 0 Å². The van der Waals surface area contributed by atoms with E-state index >= 15 is 0 Å². The van der Waals surface area contributed by atoms with Gasteiger partial charge in [-0.3, -0.25) is 4.79 Å². The number of imidazole rings is 1. The molecule has 17 heavy (non-hydrogen) atoms. The van der Waals surface area contributed by atoms with Crippen molar-refractivity contribution in [1.29, 1.82) is 0 Å². The van der Waals surface area contributed by atoms with Gasteiger partial charge in [-0.1, -0.05) is 0 Å².